The van der Waals surface area contributed by atoms with Crippen LogP contribution in [0.1, 0.15) is 6.92 Å². The summed E-state index contributed by atoms with van der Waals surface area (Å²) in [7, 11) is -0.665. The fourth-order valence-corrected chi connectivity index (χ4v) is 1.10. The third-order valence-corrected chi connectivity index (χ3v) is 3.54. The van der Waals surface area contributed by atoms with E-state index in [9.17, 15) is 8.42 Å². The van der Waals surface area contributed by atoms with Crippen LogP contribution < -0.4 is 0 Å². The predicted molar refractivity (Wildman–Crippen MR) is 59.7 cm³/mol. The molecule has 0 saturated carbocycles. The van der Waals surface area contributed by atoms with Gasteiger partial charge >= 0.3 is 0 Å². The molecule has 2 unspecified atom stereocenters. The minimum atomic E-state index is -3.27. The van der Waals surface area contributed by atoms with Crippen LogP contribution in [0, 0.1) is 0 Å². The first-order chi connectivity index (χ1) is 4.83. The van der Waals surface area contributed by atoms with Crippen molar-refractivity contribution in [2.75, 3.05) is 12.9 Å². The summed E-state index contributed by atoms with van der Waals surface area (Å²) < 4.78 is 26.0. The van der Waals surface area contributed by atoms with Crippen LogP contribution in [0.2, 0.25) is 5.82 Å². The van der Waals surface area contributed by atoms with E-state index >= 15 is 0 Å². The van der Waals surface area contributed by atoms with E-state index in [1.807, 2.05) is 6.92 Å². The first-order valence-electron chi connectivity index (χ1n) is 3.07. The van der Waals surface area contributed by atoms with Crippen LogP contribution in [-0.4, -0.2) is 25.6 Å². The zero-order valence-corrected chi connectivity index (χ0v) is 10.6. The van der Waals surface area contributed by atoms with Gasteiger partial charge in [0, 0.05) is 0 Å². The molecule has 0 aromatic carbocycles. The van der Waals surface area contributed by atoms with Crippen LogP contribution in [0.15, 0.2) is 0 Å². The van der Waals surface area contributed by atoms with Crippen LogP contribution in [0.5, 0.6) is 0 Å². The second-order valence-corrected chi connectivity index (χ2v) is 7.57. The Labute approximate surface area is 83.9 Å². The Balaban J connectivity index is 3.72. The summed E-state index contributed by atoms with van der Waals surface area (Å²) in [5.41, 5.74) is 0. The van der Waals surface area contributed by atoms with E-state index in [1.54, 1.807) is 0 Å². The summed E-state index contributed by atoms with van der Waals surface area (Å²) >= 11 is 2.21. The standard InChI is InChI=1S/C4H11BIO3PS/c1-4(5(6)10)3-9-11(2,7)8/h4H,3,10H2,1-2H3. The Bertz CT molecular complexity index is 205. The lowest BCUT2D eigenvalue weighted by Gasteiger charge is -2.09. The molecule has 0 spiro atoms. The average molecular weight is 308 g/mol. The maximum absolute atomic E-state index is 10.5. The van der Waals surface area contributed by atoms with Crippen molar-refractivity contribution in [2.24, 2.45) is 0 Å². The van der Waals surface area contributed by atoms with Gasteiger partial charge in [0.2, 0.25) is 4.29 Å². The van der Waals surface area contributed by atoms with Crippen molar-refractivity contribution in [1.29, 1.82) is 0 Å². The molecule has 0 heterocycles. The molecule has 3 nitrogen and oxygen atoms in total. The van der Waals surface area contributed by atoms with Gasteiger partial charge in [-0.05, 0) is 5.82 Å². The lowest BCUT2D eigenvalue weighted by Crippen LogP contribution is -2.13. The van der Waals surface area contributed by atoms with Gasteiger partial charge in [-0.25, -0.2) is 0 Å². The molecule has 0 N–H and O–H groups in total. The van der Waals surface area contributed by atoms with Gasteiger partial charge in [0.05, 0.1) is 12.9 Å². The van der Waals surface area contributed by atoms with Crippen molar-refractivity contribution in [2.45, 2.75) is 12.7 Å². The lowest BCUT2D eigenvalue weighted by molar-refractivity contribution is 0.321. The summed E-state index contributed by atoms with van der Waals surface area (Å²) in [5.74, 6) is 0.232. The maximum Gasteiger partial charge on any atom is 0.264 e. The largest absolute Gasteiger partial charge is 0.271 e. The normalized spacial score (nSPS) is 14.5. The molecular weight excluding hydrogens is 297 g/mol. The molecule has 0 aliphatic carbocycles. The SMILES string of the molecule is CC(COS(C)(=O)=O)B(P)I. The molecule has 0 aromatic heterocycles. The van der Waals surface area contributed by atoms with Gasteiger partial charge < -0.3 is 0 Å². The van der Waals surface area contributed by atoms with E-state index in [2.05, 4.69) is 35.7 Å². The third-order valence-electron chi connectivity index (χ3n) is 1.09. The van der Waals surface area contributed by atoms with E-state index in [0.29, 0.717) is 4.29 Å². The van der Waals surface area contributed by atoms with Crippen LogP contribution >= 0.6 is 31.5 Å². The van der Waals surface area contributed by atoms with Gasteiger partial charge in [-0.3, -0.25) is 4.18 Å². The predicted octanol–water partition coefficient (Wildman–Crippen LogP) is 1.15. The zero-order chi connectivity index (χ0) is 9.07. The van der Waals surface area contributed by atoms with Crippen molar-refractivity contribution in [1.82, 2.24) is 0 Å². The molecule has 0 saturated heterocycles. The first-order valence-corrected chi connectivity index (χ1v) is 6.80. The summed E-state index contributed by atoms with van der Waals surface area (Å²) in [6.45, 7) is 2.20. The maximum atomic E-state index is 10.5. The minimum absolute atomic E-state index is 0.232. The molecule has 66 valence electrons. The topological polar surface area (TPSA) is 43.4 Å². The summed E-state index contributed by atoms with van der Waals surface area (Å²) in [4.78, 5) is 0. The van der Waals surface area contributed by atoms with Crippen molar-refractivity contribution in [3.8, 4) is 0 Å². The highest BCUT2D eigenvalue weighted by Crippen LogP contribution is 2.21. The quantitative estimate of drug-likeness (QED) is 0.339. The Morgan fingerprint density at radius 3 is 2.45 bits per heavy atom. The van der Waals surface area contributed by atoms with E-state index in [1.165, 1.54) is 0 Å². The van der Waals surface area contributed by atoms with Gasteiger partial charge in [-0.1, -0.05) is 6.92 Å². The molecule has 0 aliphatic rings. The summed E-state index contributed by atoms with van der Waals surface area (Å²) in [5, 5.41) is 0. The fourth-order valence-electron chi connectivity index (χ4n) is 0.323. The smallest absolute Gasteiger partial charge is 0.264 e. The van der Waals surface area contributed by atoms with Gasteiger partial charge in [-0.15, -0.1) is 22.4 Å². The van der Waals surface area contributed by atoms with Crippen LogP contribution in [0.25, 0.3) is 0 Å². The molecule has 0 aliphatic heterocycles. The zero-order valence-electron chi connectivity index (χ0n) is 6.45. The van der Waals surface area contributed by atoms with Crippen molar-refractivity contribution in [3.05, 3.63) is 0 Å². The Morgan fingerprint density at radius 2 is 2.18 bits per heavy atom. The molecule has 0 rings (SSSR count). The molecule has 0 fully saturated rings. The highest BCUT2D eigenvalue weighted by atomic mass is 127. The monoisotopic (exact) mass is 308 g/mol. The molecule has 0 bridgehead atoms. The Kier molecular flexibility index (Phi) is 5.51. The van der Waals surface area contributed by atoms with Crippen molar-refractivity contribution >= 4 is 45.9 Å². The number of rotatable bonds is 4. The fraction of sp³-hybridized carbons (Fsp3) is 1.00. The second-order valence-electron chi connectivity index (χ2n) is 2.41. The molecule has 0 aromatic rings. The molecule has 0 radical (unpaired) electrons. The van der Waals surface area contributed by atoms with Gasteiger partial charge in [-0.2, -0.15) is 17.5 Å². The first kappa shape index (κ1) is 12.1. The molecular formula is C4H11BIO3PS. The van der Waals surface area contributed by atoms with Gasteiger partial charge in [0.1, 0.15) is 0 Å². The Hall–Kier alpha value is 1.13. The van der Waals surface area contributed by atoms with E-state index in [-0.39, 0.29) is 12.4 Å². The van der Waals surface area contributed by atoms with E-state index < -0.39 is 10.1 Å². The van der Waals surface area contributed by atoms with E-state index in [0.717, 1.165) is 6.26 Å². The van der Waals surface area contributed by atoms with Crippen LogP contribution in [-0.2, 0) is 14.3 Å². The van der Waals surface area contributed by atoms with Gasteiger partial charge in [0.25, 0.3) is 10.1 Å². The number of halogens is 1. The number of hydrogen-bond donors (Lipinski definition) is 0. The average Bonchev–Trinajstić information content (AvgIpc) is 1.80. The molecule has 7 heteroatoms. The minimum Gasteiger partial charge on any atom is -0.271 e. The highest BCUT2D eigenvalue weighted by molar-refractivity contribution is 14.1. The Morgan fingerprint density at radius 1 is 1.73 bits per heavy atom. The molecule has 0 amide bonds. The van der Waals surface area contributed by atoms with Crippen LogP contribution in [0.4, 0.5) is 0 Å². The van der Waals surface area contributed by atoms with Crippen molar-refractivity contribution in [3.63, 3.8) is 0 Å². The van der Waals surface area contributed by atoms with Crippen molar-refractivity contribution < 1.29 is 12.6 Å². The molecule has 11 heavy (non-hydrogen) atoms. The summed E-state index contributed by atoms with van der Waals surface area (Å²) in [6.07, 6.45) is 1.06. The van der Waals surface area contributed by atoms with E-state index in [4.69, 9.17) is 0 Å². The van der Waals surface area contributed by atoms with Crippen LogP contribution in [0.3, 0.4) is 0 Å². The molecule has 2 atom stereocenters. The summed E-state index contributed by atoms with van der Waals surface area (Å²) in [6, 6.07) is 0. The second kappa shape index (κ2) is 4.99. The lowest BCUT2D eigenvalue weighted by atomic mass is 9.89. The number of hydrogen-bond acceptors (Lipinski definition) is 3. The van der Waals surface area contributed by atoms with Gasteiger partial charge in [0.15, 0.2) is 0 Å². The third kappa shape index (κ3) is 7.49. The highest BCUT2D eigenvalue weighted by Gasteiger charge is 2.15.